The Morgan fingerprint density at radius 2 is 1.94 bits per heavy atom. The highest BCUT2D eigenvalue weighted by Crippen LogP contribution is 2.10. The third kappa shape index (κ3) is 5.85. The lowest BCUT2D eigenvalue weighted by atomic mass is 10.1. The Hall–Kier alpha value is -0.860. The minimum atomic E-state index is 0.242. The average Bonchev–Trinajstić information content (AvgIpc) is 2.31. The number of aliphatic hydroxyl groups excluding tert-OH is 1. The molecule has 0 fully saturated rings. The molecule has 0 aliphatic heterocycles. The van der Waals surface area contributed by atoms with Crippen molar-refractivity contribution < 1.29 is 5.11 Å². The summed E-state index contributed by atoms with van der Waals surface area (Å²) in [5.41, 5.74) is 1.32. The molecular weight excluding hydrogens is 210 g/mol. The van der Waals surface area contributed by atoms with Gasteiger partial charge in [-0.3, -0.25) is 4.90 Å². The van der Waals surface area contributed by atoms with Crippen molar-refractivity contribution in [2.75, 3.05) is 19.7 Å². The summed E-state index contributed by atoms with van der Waals surface area (Å²) in [5, 5.41) is 9.12. The predicted octanol–water partition coefficient (Wildman–Crippen LogP) is 2.92. The summed E-state index contributed by atoms with van der Waals surface area (Å²) in [6.45, 7) is 7.54. The summed E-state index contributed by atoms with van der Waals surface area (Å²) in [6.07, 6.45) is 2.50. The van der Waals surface area contributed by atoms with Crippen molar-refractivity contribution in [3.05, 3.63) is 35.9 Å². The summed E-state index contributed by atoms with van der Waals surface area (Å²) in [5.74, 6) is 0.704. The number of hydrogen-bond donors (Lipinski definition) is 1. The zero-order chi connectivity index (χ0) is 12.5. The molecule has 0 spiro atoms. The van der Waals surface area contributed by atoms with Gasteiger partial charge in [0.2, 0.25) is 0 Å². The third-order valence-electron chi connectivity index (χ3n) is 3.02. The van der Waals surface area contributed by atoms with Crippen LogP contribution in [0.2, 0.25) is 0 Å². The fourth-order valence-corrected chi connectivity index (χ4v) is 2.24. The Bertz CT molecular complexity index is 286. The van der Waals surface area contributed by atoms with Crippen molar-refractivity contribution in [2.45, 2.75) is 33.2 Å². The molecule has 0 bridgehead atoms. The molecule has 0 aromatic heterocycles. The van der Waals surface area contributed by atoms with E-state index in [0.29, 0.717) is 5.92 Å². The molecule has 1 aromatic rings. The van der Waals surface area contributed by atoms with E-state index in [2.05, 4.69) is 43.0 Å². The van der Waals surface area contributed by atoms with Crippen molar-refractivity contribution in [3.8, 4) is 0 Å². The molecule has 17 heavy (non-hydrogen) atoms. The highest BCUT2D eigenvalue weighted by atomic mass is 16.3. The van der Waals surface area contributed by atoms with Gasteiger partial charge in [-0.2, -0.15) is 0 Å². The standard InChI is InChI=1S/C15H25NO/c1-3-7-14(2)12-16(10-11-17)13-15-8-5-4-6-9-15/h4-6,8-9,14,17H,3,7,10-13H2,1-2H3. The van der Waals surface area contributed by atoms with Crippen molar-refractivity contribution >= 4 is 0 Å². The molecular formula is C15H25NO. The average molecular weight is 235 g/mol. The first-order chi connectivity index (χ1) is 8.26. The molecule has 0 aliphatic carbocycles. The van der Waals surface area contributed by atoms with Gasteiger partial charge in [-0.05, 0) is 17.9 Å². The maximum Gasteiger partial charge on any atom is 0.0558 e. The van der Waals surface area contributed by atoms with E-state index < -0.39 is 0 Å². The van der Waals surface area contributed by atoms with E-state index in [-0.39, 0.29) is 6.61 Å². The highest BCUT2D eigenvalue weighted by molar-refractivity contribution is 5.14. The zero-order valence-electron chi connectivity index (χ0n) is 11.1. The number of rotatable bonds is 8. The maximum absolute atomic E-state index is 9.12. The van der Waals surface area contributed by atoms with Gasteiger partial charge in [0.15, 0.2) is 0 Å². The second kappa shape index (κ2) is 8.26. The first-order valence-electron chi connectivity index (χ1n) is 6.63. The van der Waals surface area contributed by atoms with Gasteiger partial charge in [0.1, 0.15) is 0 Å². The summed E-state index contributed by atoms with van der Waals surface area (Å²) in [7, 11) is 0. The molecule has 0 radical (unpaired) electrons. The maximum atomic E-state index is 9.12. The van der Waals surface area contributed by atoms with Crippen LogP contribution in [0.15, 0.2) is 30.3 Å². The largest absolute Gasteiger partial charge is 0.395 e. The summed E-state index contributed by atoms with van der Waals surface area (Å²) in [4.78, 5) is 2.34. The number of hydrogen-bond acceptors (Lipinski definition) is 2. The van der Waals surface area contributed by atoms with Crippen molar-refractivity contribution in [3.63, 3.8) is 0 Å². The Morgan fingerprint density at radius 3 is 2.53 bits per heavy atom. The molecule has 2 nitrogen and oxygen atoms in total. The van der Waals surface area contributed by atoms with Crippen LogP contribution in [-0.4, -0.2) is 29.7 Å². The van der Waals surface area contributed by atoms with Gasteiger partial charge < -0.3 is 5.11 Å². The van der Waals surface area contributed by atoms with Gasteiger partial charge in [0, 0.05) is 19.6 Å². The molecule has 0 amide bonds. The summed E-state index contributed by atoms with van der Waals surface area (Å²) in [6, 6.07) is 10.5. The molecule has 0 saturated carbocycles. The molecule has 1 unspecified atom stereocenters. The lowest BCUT2D eigenvalue weighted by Crippen LogP contribution is -2.30. The van der Waals surface area contributed by atoms with Crippen molar-refractivity contribution in [1.82, 2.24) is 4.90 Å². The Morgan fingerprint density at radius 1 is 1.24 bits per heavy atom. The fraction of sp³-hybridized carbons (Fsp3) is 0.600. The van der Waals surface area contributed by atoms with E-state index in [4.69, 9.17) is 5.11 Å². The lowest BCUT2D eigenvalue weighted by Gasteiger charge is -2.24. The highest BCUT2D eigenvalue weighted by Gasteiger charge is 2.09. The topological polar surface area (TPSA) is 23.5 Å². The van der Waals surface area contributed by atoms with Crippen LogP contribution in [0.5, 0.6) is 0 Å². The molecule has 2 heteroatoms. The van der Waals surface area contributed by atoms with Crippen LogP contribution in [0.4, 0.5) is 0 Å². The van der Waals surface area contributed by atoms with Crippen LogP contribution in [0.25, 0.3) is 0 Å². The van der Waals surface area contributed by atoms with Crippen LogP contribution in [0, 0.1) is 5.92 Å². The lowest BCUT2D eigenvalue weighted by molar-refractivity contribution is 0.170. The Labute approximate surface area is 105 Å². The minimum absolute atomic E-state index is 0.242. The third-order valence-corrected chi connectivity index (χ3v) is 3.02. The molecule has 0 aliphatic rings. The van der Waals surface area contributed by atoms with Crippen molar-refractivity contribution in [2.24, 2.45) is 5.92 Å². The minimum Gasteiger partial charge on any atom is -0.395 e. The van der Waals surface area contributed by atoms with Crippen LogP contribution in [0.1, 0.15) is 32.3 Å². The molecule has 1 atom stereocenters. The second-order valence-corrected chi connectivity index (χ2v) is 4.84. The molecule has 0 heterocycles. The Balaban J connectivity index is 2.48. The molecule has 96 valence electrons. The summed E-state index contributed by atoms with van der Waals surface area (Å²) >= 11 is 0. The number of benzene rings is 1. The first kappa shape index (κ1) is 14.2. The van der Waals surface area contributed by atoms with E-state index in [9.17, 15) is 0 Å². The van der Waals surface area contributed by atoms with Gasteiger partial charge in [0.25, 0.3) is 0 Å². The van der Waals surface area contributed by atoms with E-state index >= 15 is 0 Å². The van der Waals surface area contributed by atoms with Gasteiger partial charge in [-0.15, -0.1) is 0 Å². The van der Waals surface area contributed by atoms with Gasteiger partial charge in [-0.1, -0.05) is 50.6 Å². The second-order valence-electron chi connectivity index (χ2n) is 4.84. The monoisotopic (exact) mass is 235 g/mol. The SMILES string of the molecule is CCCC(C)CN(CCO)Cc1ccccc1. The van der Waals surface area contributed by atoms with Gasteiger partial charge in [0.05, 0.1) is 6.61 Å². The first-order valence-corrected chi connectivity index (χ1v) is 6.63. The zero-order valence-corrected chi connectivity index (χ0v) is 11.1. The van der Waals surface area contributed by atoms with E-state index in [1.807, 2.05) is 6.07 Å². The molecule has 1 aromatic carbocycles. The molecule has 1 N–H and O–H groups in total. The predicted molar refractivity (Wildman–Crippen MR) is 72.9 cm³/mol. The van der Waals surface area contributed by atoms with Crippen molar-refractivity contribution in [1.29, 1.82) is 0 Å². The van der Waals surface area contributed by atoms with Gasteiger partial charge >= 0.3 is 0 Å². The van der Waals surface area contributed by atoms with Crippen LogP contribution in [0.3, 0.4) is 0 Å². The molecule has 0 saturated heterocycles. The van der Waals surface area contributed by atoms with E-state index in [1.54, 1.807) is 0 Å². The fourth-order valence-electron chi connectivity index (χ4n) is 2.24. The number of nitrogens with zero attached hydrogens (tertiary/aromatic N) is 1. The smallest absolute Gasteiger partial charge is 0.0558 e. The van der Waals surface area contributed by atoms with E-state index in [0.717, 1.165) is 19.6 Å². The van der Waals surface area contributed by atoms with Crippen LogP contribution < -0.4 is 0 Å². The van der Waals surface area contributed by atoms with Crippen LogP contribution >= 0.6 is 0 Å². The number of aliphatic hydroxyl groups is 1. The quantitative estimate of drug-likeness (QED) is 0.749. The normalized spacial score (nSPS) is 12.9. The molecule has 1 rings (SSSR count). The van der Waals surface area contributed by atoms with Gasteiger partial charge in [-0.25, -0.2) is 0 Å². The van der Waals surface area contributed by atoms with Crippen LogP contribution in [-0.2, 0) is 6.54 Å². The summed E-state index contributed by atoms with van der Waals surface area (Å²) < 4.78 is 0. The Kier molecular flexibility index (Phi) is 6.90. The van der Waals surface area contributed by atoms with E-state index in [1.165, 1.54) is 18.4 Å².